The molecule has 2 unspecified atom stereocenters. The van der Waals surface area contributed by atoms with Gasteiger partial charge in [0.15, 0.2) is 0 Å². The lowest BCUT2D eigenvalue weighted by Gasteiger charge is -2.46. The van der Waals surface area contributed by atoms with Gasteiger partial charge in [0.25, 0.3) is 0 Å². The standard InChI is InChI=1S/C15H26N4/c1-4-15(2)11-19(10-13-7-8-18(3)17-13)14(9-16-15)12-5-6-12/h7-8,12,14,16H,4-6,9-11H2,1-3H3. The topological polar surface area (TPSA) is 33.1 Å². The van der Waals surface area contributed by atoms with Crippen molar-refractivity contribution in [2.75, 3.05) is 13.1 Å². The summed E-state index contributed by atoms with van der Waals surface area (Å²) in [7, 11) is 2.00. The smallest absolute Gasteiger partial charge is 0.0764 e. The van der Waals surface area contributed by atoms with Gasteiger partial charge < -0.3 is 5.32 Å². The second-order valence-corrected chi connectivity index (χ2v) is 6.59. The Kier molecular flexibility index (Phi) is 3.39. The fourth-order valence-corrected chi connectivity index (χ4v) is 3.21. The molecule has 3 rings (SSSR count). The maximum absolute atomic E-state index is 4.55. The molecule has 1 saturated carbocycles. The number of nitrogens with zero attached hydrogens (tertiary/aromatic N) is 3. The number of aryl methyl sites for hydroxylation is 1. The molecule has 4 heteroatoms. The molecular weight excluding hydrogens is 236 g/mol. The number of aromatic nitrogens is 2. The van der Waals surface area contributed by atoms with E-state index in [4.69, 9.17) is 0 Å². The summed E-state index contributed by atoms with van der Waals surface area (Å²) in [6.45, 7) is 7.91. The monoisotopic (exact) mass is 262 g/mol. The first kappa shape index (κ1) is 13.1. The van der Waals surface area contributed by atoms with Crippen molar-refractivity contribution in [2.24, 2.45) is 13.0 Å². The van der Waals surface area contributed by atoms with Gasteiger partial charge in [-0.25, -0.2) is 0 Å². The Bertz CT molecular complexity index is 437. The van der Waals surface area contributed by atoms with Gasteiger partial charge in [-0.15, -0.1) is 0 Å². The van der Waals surface area contributed by atoms with Crippen LogP contribution in [0.1, 0.15) is 38.8 Å². The lowest BCUT2D eigenvalue weighted by molar-refractivity contribution is 0.0650. The van der Waals surface area contributed by atoms with Crippen LogP contribution in [0.5, 0.6) is 0 Å². The van der Waals surface area contributed by atoms with Crippen LogP contribution < -0.4 is 5.32 Å². The Morgan fingerprint density at radius 2 is 2.26 bits per heavy atom. The van der Waals surface area contributed by atoms with Gasteiger partial charge in [-0.3, -0.25) is 9.58 Å². The quantitative estimate of drug-likeness (QED) is 0.898. The van der Waals surface area contributed by atoms with Crippen LogP contribution in [0.25, 0.3) is 0 Å². The molecule has 2 aliphatic rings. The Labute approximate surface area is 116 Å². The highest BCUT2D eigenvalue weighted by Gasteiger charge is 2.41. The first-order valence-electron chi connectivity index (χ1n) is 7.57. The van der Waals surface area contributed by atoms with Crippen molar-refractivity contribution in [1.82, 2.24) is 20.0 Å². The summed E-state index contributed by atoms with van der Waals surface area (Å²) in [4.78, 5) is 2.67. The molecule has 1 aliphatic carbocycles. The van der Waals surface area contributed by atoms with Gasteiger partial charge in [0.05, 0.1) is 5.69 Å². The van der Waals surface area contributed by atoms with Crippen LogP contribution in [0.15, 0.2) is 12.3 Å². The molecule has 1 N–H and O–H groups in total. The molecule has 19 heavy (non-hydrogen) atoms. The summed E-state index contributed by atoms with van der Waals surface area (Å²) in [6, 6.07) is 2.86. The predicted octanol–water partition coefficient (Wildman–Crippen LogP) is 1.77. The van der Waals surface area contributed by atoms with Crippen molar-refractivity contribution in [3.63, 3.8) is 0 Å². The van der Waals surface area contributed by atoms with Gasteiger partial charge in [-0.2, -0.15) is 5.10 Å². The molecule has 0 amide bonds. The summed E-state index contributed by atoms with van der Waals surface area (Å²) in [6.07, 6.45) is 6.05. The van der Waals surface area contributed by atoms with Crippen LogP contribution in [0.4, 0.5) is 0 Å². The fourth-order valence-electron chi connectivity index (χ4n) is 3.21. The summed E-state index contributed by atoms with van der Waals surface area (Å²) in [5.41, 5.74) is 1.47. The molecule has 1 saturated heterocycles. The highest BCUT2D eigenvalue weighted by atomic mass is 15.3. The zero-order valence-electron chi connectivity index (χ0n) is 12.4. The van der Waals surface area contributed by atoms with E-state index in [9.17, 15) is 0 Å². The second-order valence-electron chi connectivity index (χ2n) is 6.59. The summed E-state index contributed by atoms with van der Waals surface area (Å²) in [5.74, 6) is 0.914. The van der Waals surface area contributed by atoms with Gasteiger partial charge >= 0.3 is 0 Å². The average molecular weight is 262 g/mol. The molecule has 1 aromatic heterocycles. The second kappa shape index (κ2) is 4.91. The van der Waals surface area contributed by atoms with Crippen LogP contribution in [0.2, 0.25) is 0 Å². The maximum atomic E-state index is 4.55. The van der Waals surface area contributed by atoms with Crippen LogP contribution in [-0.4, -0.2) is 39.4 Å². The highest BCUT2D eigenvalue weighted by molar-refractivity contribution is 5.04. The van der Waals surface area contributed by atoms with E-state index in [1.807, 2.05) is 17.9 Å². The first-order chi connectivity index (χ1) is 9.09. The van der Waals surface area contributed by atoms with Gasteiger partial charge in [0.2, 0.25) is 0 Å². The zero-order chi connectivity index (χ0) is 13.5. The molecule has 1 aromatic rings. The van der Waals surface area contributed by atoms with E-state index in [-0.39, 0.29) is 5.54 Å². The van der Waals surface area contributed by atoms with Crippen LogP contribution >= 0.6 is 0 Å². The maximum Gasteiger partial charge on any atom is 0.0764 e. The van der Waals surface area contributed by atoms with E-state index in [0.29, 0.717) is 6.04 Å². The minimum Gasteiger partial charge on any atom is -0.309 e. The van der Waals surface area contributed by atoms with Gasteiger partial charge in [0.1, 0.15) is 0 Å². The van der Waals surface area contributed by atoms with Gasteiger partial charge in [0, 0.05) is 44.5 Å². The van der Waals surface area contributed by atoms with E-state index in [0.717, 1.165) is 25.6 Å². The molecular formula is C15H26N4. The third kappa shape index (κ3) is 2.84. The van der Waals surface area contributed by atoms with E-state index >= 15 is 0 Å². The lowest BCUT2D eigenvalue weighted by atomic mass is 9.92. The van der Waals surface area contributed by atoms with Crippen molar-refractivity contribution >= 4 is 0 Å². The molecule has 0 aromatic carbocycles. The molecule has 4 nitrogen and oxygen atoms in total. The summed E-state index contributed by atoms with van der Waals surface area (Å²) in [5, 5.41) is 8.32. The fraction of sp³-hybridized carbons (Fsp3) is 0.800. The van der Waals surface area contributed by atoms with E-state index in [1.165, 1.54) is 25.0 Å². The molecule has 106 valence electrons. The number of hydrogen-bond donors (Lipinski definition) is 1. The van der Waals surface area contributed by atoms with Crippen LogP contribution in [0, 0.1) is 5.92 Å². The van der Waals surface area contributed by atoms with Crippen molar-refractivity contribution in [3.05, 3.63) is 18.0 Å². The third-order valence-electron chi connectivity index (χ3n) is 4.84. The molecule has 2 atom stereocenters. The number of piperazine rings is 1. The minimum absolute atomic E-state index is 0.264. The molecule has 0 radical (unpaired) electrons. The summed E-state index contributed by atoms with van der Waals surface area (Å²) < 4.78 is 1.91. The largest absolute Gasteiger partial charge is 0.309 e. The Balaban J connectivity index is 1.73. The number of rotatable bonds is 4. The SMILES string of the molecule is CCC1(C)CN(Cc2ccn(C)n2)C(C2CC2)CN1. The third-order valence-corrected chi connectivity index (χ3v) is 4.84. The number of nitrogens with one attached hydrogen (secondary N) is 1. The van der Waals surface area contributed by atoms with Crippen molar-refractivity contribution in [1.29, 1.82) is 0 Å². The molecule has 2 heterocycles. The normalized spacial score (nSPS) is 32.7. The van der Waals surface area contributed by atoms with E-state index in [1.54, 1.807) is 0 Å². The molecule has 0 spiro atoms. The van der Waals surface area contributed by atoms with Crippen LogP contribution in [0.3, 0.4) is 0 Å². The lowest BCUT2D eigenvalue weighted by Crippen LogP contribution is -2.62. The average Bonchev–Trinajstić information content (AvgIpc) is 3.14. The number of hydrogen-bond acceptors (Lipinski definition) is 3. The Morgan fingerprint density at radius 3 is 2.84 bits per heavy atom. The zero-order valence-corrected chi connectivity index (χ0v) is 12.4. The van der Waals surface area contributed by atoms with Crippen molar-refractivity contribution < 1.29 is 0 Å². The molecule has 2 fully saturated rings. The molecule has 0 bridgehead atoms. The highest BCUT2D eigenvalue weighted by Crippen LogP contribution is 2.38. The summed E-state index contributed by atoms with van der Waals surface area (Å²) >= 11 is 0. The van der Waals surface area contributed by atoms with Crippen LogP contribution in [-0.2, 0) is 13.6 Å². The van der Waals surface area contributed by atoms with E-state index in [2.05, 4.69) is 35.2 Å². The predicted molar refractivity (Wildman–Crippen MR) is 76.8 cm³/mol. The van der Waals surface area contributed by atoms with Gasteiger partial charge in [-0.05, 0) is 38.2 Å². The van der Waals surface area contributed by atoms with Crippen molar-refractivity contribution in [2.45, 2.75) is 51.2 Å². The van der Waals surface area contributed by atoms with Gasteiger partial charge in [-0.1, -0.05) is 6.92 Å². The Morgan fingerprint density at radius 1 is 1.47 bits per heavy atom. The first-order valence-corrected chi connectivity index (χ1v) is 7.57. The molecule has 1 aliphatic heterocycles. The Hall–Kier alpha value is -0.870. The van der Waals surface area contributed by atoms with E-state index < -0.39 is 0 Å². The minimum atomic E-state index is 0.264. The van der Waals surface area contributed by atoms with Crippen molar-refractivity contribution in [3.8, 4) is 0 Å².